The van der Waals surface area contributed by atoms with Crippen LogP contribution in [0.5, 0.6) is 5.75 Å². The normalized spacial score (nSPS) is 14.2. The van der Waals surface area contributed by atoms with Gasteiger partial charge in [0.05, 0.1) is 12.3 Å². The van der Waals surface area contributed by atoms with Gasteiger partial charge in [-0.2, -0.15) is 5.10 Å². The van der Waals surface area contributed by atoms with Crippen molar-refractivity contribution in [1.29, 1.82) is 5.41 Å². The number of halogens is 1. The minimum absolute atomic E-state index is 0. The summed E-state index contributed by atoms with van der Waals surface area (Å²) in [5.41, 5.74) is 6.79. The Morgan fingerprint density at radius 1 is 1.44 bits per heavy atom. The molecule has 0 radical (unpaired) electrons. The van der Waals surface area contributed by atoms with Crippen molar-refractivity contribution >= 4 is 24.1 Å². The van der Waals surface area contributed by atoms with Gasteiger partial charge in [-0.1, -0.05) is 12.1 Å². The molecule has 6 heteroatoms. The number of aromatic hydroxyl groups is 1. The molecule has 0 fully saturated rings. The number of phenolic OH excluding ortho intramolecular Hbond substituents is 1. The highest BCUT2D eigenvalue weighted by Gasteiger charge is 2.19. The van der Waals surface area contributed by atoms with Gasteiger partial charge in [0.1, 0.15) is 5.75 Å². The molecule has 0 spiro atoms. The molecule has 1 aromatic carbocycles. The second-order valence-electron chi connectivity index (χ2n) is 3.32. The molecule has 4 N–H and O–H groups in total. The number of hydrogen-bond donors (Lipinski definition) is 3. The Hall–Kier alpha value is -1.75. The molecule has 1 aromatic rings. The van der Waals surface area contributed by atoms with Crippen molar-refractivity contribution in [3.8, 4) is 5.75 Å². The number of nitrogens with two attached hydrogens (primary N) is 1. The summed E-state index contributed by atoms with van der Waals surface area (Å²) in [6.45, 7) is 0.596. The number of guanidine groups is 1. The summed E-state index contributed by atoms with van der Waals surface area (Å²) in [6, 6.07) is 7.02. The number of benzene rings is 1. The van der Waals surface area contributed by atoms with Crippen LogP contribution in [0, 0.1) is 5.41 Å². The maximum atomic E-state index is 9.61. The molecule has 2 rings (SSSR count). The van der Waals surface area contributed by atoms with Gasteiger partial charge < -0.3 is 10.8 Å². The van der Waals surface area contributed by atoms with Crippen molar-refractivity contribution < 1.29 is 5.11 Å². The van der Waals surface area contributed by atoms with Gasteiger partial charge in [-0.25, -0.2) is 5.01 Å². The topological polar surface area (TPSA) is 85.7 Å². The van der Waals surface area contributed by atoms with Crippen LogP contribution in [0.4, 0.5) is 0 Å². The van der Waals surface area contributed by atoms with Gasteiger partial charge in [0.2, 0.25) is 5.96 Å². The van der Waals surface area contributed by atoms with Gasteiger partial charge in [0.25, 0.3) is 0 Å². The fraction of sp³-hybridized carbons (Fsp3) is 0.200. The predicted octanol–water partition coefficient (Wildman–Crippen LogP) is 1.12. The Kier molecular flexibility index (Phi) is 3.73. The quantitative estimate of drug-likeness (QED) is 0.508. The molecule has 1 aliphatic rings. The average molecular weight is 241 g/mol. The first-order chi connectivity index (χ1) is 7.18. The first kappa shape index (κ1) is 12.3. The number of nitrogens with one attached hydrogen (secondary N) is 1. The van der Waals surface area contributed by atoms with Crippen LogP contribution in [-0.2, 0) is 0 Å². The Balaban J connectivity index is 0.00000128. The number of nitrogens with zero attached hydrogens (tertiary/aromatic N) is 2. The van der Waals surface area contributed by atoms with E-state index in [-0.39, 0.29) is 24.1 Å². The highest BCUT2D eigenvalue weighted by atomic mass is 35.5. The third-order valence-corrected chi connectivity index (χ3v) is 2.29. The van der Waals surface area contributed by atoms with Crippen molar-refractivity contribution in [2.45, 2.75) is 6.42 Å². The largest absolute Gasteiger partial charge is 0.507 e. The van der Waals surface area contributed by atoms with Crippen LogP contribution < -0.4 is 5.73 Å². The van der Waals surface area contributed by atoms with Crippen molar-refractivity contribution in [2.75, 3.05) is 6.54 Å². The number of para-hydroxylation sites is 1. The Morgan fingerprint density at radius 2 is 2.12 bits per heavy atom. The van der Waals surface area contributed by atoms with Crippen molar-refractivity contribution in [3.63, 3.8) is 0 Å². The number of hydrazone groups is 1. The number of rotatable bonds is 1. The van der Waals surface area contributed by atoms with Crippen LogP contribution in [0.25, 0.3) is 0 Å². The minimum Gasteiger partial charge on any atom is -0.507 e. The highest BCUT2D eigenvalue weighted by molar-refractivity contribution is 6.04. The Morgan fingerprint density at radius 3 is 2.69 bits per heavy atom. The summed E-state index contributed by atoms with van der Waals surface area (Å²) in [6.07, 6.45) is 0.692. The predicted molar refractivity (Wildman–Crippen MR) is 65.1 cm³/mol. The summed E-state index contributed by atoms with van der Waals surface area (Å²) < 4.78 is 0. The molecular formula is C10H13ClN4O. The van der Waals surface area contributed by atoms with Crippen LogP contribution in [0.2, 0.25) is 0 Å². The molecule has 0 aromatic heterocycles. The Labute approximate surface area is 99.5 Å². The standard InChI is InChI=1S/C10H12N4O.ClH/c11-10(12)14-6-5-8(13-14)7-3-1-2-4-9(7)15;/h1-4,15H,5-6H2,(H3,11,12);1H. The smallest absolute Gasteiger partial charge is 0.209 e. The molecule has 0 unspecified atom stereocenters. The van der Waals surface area contributed by atoms with Gasteiger partial charge in [-0.05, 0) is 12.1 Å². The van der Waals surface area contributed by atoms with Crippen LogP contribution in [0.15, 0.2) is 29.4 Å². The van der Waals surface area contributed by atoms with Crippen LogP contribution >= 0.6 is 12.4 Å². The molecule has 0 bridgehead atoms. The third kappa shape index (κ3) is 2.25. The fourth-order valence-corrected chi connectivity index (χ4v) is 1.54. The number of hydrogen-bond acceptors (Lipinski definition) is 3. The molecule has 1 heterocycles. The molecule has 86 valence electrons. The molecule has 0 atom stereocenters. The summed E-state index contributed by atoms with van der Waals surface area (Å²) in [5.74, 6) is 0.141. The van der Waals surface area contributed by atoms with Crippen LogP contribution in [0.1, 0.15) is 12.0 Å². The van der Waals surface area contributed by atoms with E-state index >= 15 is 0 Å². The van der Waals surface area contributed by atoms with E-state index < -0.39 is 0 Å². The first-order valence-electron chi connectivity index (χ1n) is 4.66. The summed E-state index contributed by atoms with van der Waals surface area (Å²) in [4.78, 5) is 0. The highest BCUT2D eigenvalue weighted by Crippen LogP contribution is 2.21. The van der Waals surface area contributed by atoms with E-state index in [1.165, 1.54) is 5.01 Å². The second-order valence-corrected chi connectivity index (χ2v) is 3.32. The van der Waals surface area contributed by atoms with Crippen molar-refractivity contribution in [2.24, 2.45) is 10.8 Å². The van der Waals surface area contributed by atoms with Crippen molar-refractivity contribution in [1.82, 2.24) is 5.01 Å². The third-order valence-electron chi connectivity index (χ3n) is 2.29. The lowest BCUT2D eigenvalue weighted by atomic mass is 10.1. The summed E-state index contributed by atoms with van der Waals surface area (Å²) in [5, 5.41) is 22.4. The molecular weight excluding hydrogens is 228 g/mol. The maximum absolute atomic E-state index is 9.61. The second kappa shape index (κ2) is 4.85. The fourth-order valence-electron chi connectivity index (χ4n) is 1.54. The van der Waals surface area contributed by atoms with Crippen LogP contribution in [-0.4, -0.2) is 28.3 Å². The zero-order valence-corrected chi connectivity index (χ0v) is 9.37. The van der Waals surface area contributed by atoms with E-state index in [9.17, 15) is 5.11 Å². The lowest BCUT2D eigenvalue weighted by Gasteiger charge is -2.08. The van der Waals surface area contributed by atoms with Gasteiger partial charge in [0, 0.05) is 12.0 Å². The number of phenols is 1. The van der Waals surface area contributed by atoms with Gasteiger partial charge >= 0.3 is 0 Å². The zero-order valence-electron chi connectivity index (χ0n) is 8.55. The van der Waals surface area contributed by atoms with E-state index in [2.05, 4.69) is 5.10 Å². The first-order valence-corrected chi connectivity index (χ1v) is 4.66. The van der Waals surface area contributed by atoms with E-state index in [0.29, 0.717) is 18.5 Å². The summed E-state index contributed by atoms with van der Waals surface area (Å²) in [7, 11) is 0. The molecule has 0 amide bonds. The molecule has 5 nitrogen and oxygen atoms in total. The lowest BCUT2D eigenvalue weighted by Crippen LogP contribution is -2.29. The van der Waals surface area contributed by atoms with Gasteiger partial charge in [0.15, 0.2) is 0 Å². The lowest BCUT2D eigenvalue weighted by molar-refractivity contribution is 0.473. The monoisotopic (exact) mass is 240 g/mol. The SMILES string of the molecule is Cl.N=C(N)N1CCC(c2ccccc2O)=N1. The molecule has 16 heavy (non-hydrogen) atoms. The van der Waals surface area contributed by atoms with E-state index in [4.69, 9.17) is 11.1 Å². The maximum Gasteiger partial charge on any atom is 0.209 e. The minimum atomic E-state index is -0.0691. The summed E-state index contributed by atoms with van der Waals surface area (Å²) >= 11 is 0. The van der Waals surface area contributed by atoms with E-state index in [1.54, 1.807) is 18.2 Å². The zero-order chi connectivity index (χ0) is 10.8. The molecule has 0 aliphatic carbocycles. The molecule has 1 aliphatic heterocycles. The van der Waals surface area contributed by atoms with Gasteiger partial charge in [-0.3, -0.25) is 5.41 Å². The van der Waals surface area contributed by atoms with Crippen LogP contribution in [0.3, 0.4) is 0 Å². The van der Waals surface area contributed by atoms with E-state index in [1.807, 2.05) is 6.07 Å². The van der Waals surface area contributed by atoms with E-state index in [0.717, 1.165) is 5.71 Å². The van der Waals surface area contributed by atoms with Gasteiger partial charge in [-0.15, -0.1) is 12.4 Å². The Bertz CT molecular complexity index is 433. The molecule has 0 saturated heterocycles. The molecule has 0 saturated carbocycles. The average Bonchev–Trinajstić information content (AvgIpc) is 2.67. The van der Waals surface area contributed by atoms with Crippen molar-refractivity contribution in [3.05, 3.63) is 29.8 Å².